The standard InChI is InChI=1S/C27H32N6O/c34-27(33-19-17-31(18-20-33)14-10-22-5-2-1-3-6-22)23-11-15-32(16-12-23)26-9-8-25(29-30-26)24-7-4-13-28-21-24/h1-9,13,21,23H,10-12,14-20H2. The minimum absolute atomic E-state index is 0.120. The van der Waals surface area contributed by atoms with Crippen LogP contribution in [0.2, 0.25) is 0 Å². The molecule has 5 rings (SSSR count). The Bertz CT molecular complexity index is 1040. The van der Waals surface area contributed by atoms with Gasteiger partial charge in [0, 0.05) is 69.7 Å². The lowest BCUT2D eigenvalue weighted by Gasteiger charge is -2.38. The summed E-state index contributed by atoms with van der Waals surface area (Å²) < 4.78 is 0. The van der Waals surface area contributed by atoms with Crippen LogP contribution in [-0.4, -0.2) is 76.7 Å². The summed E-state index contributed by atoms with van der Waals surface area (Å²) >= 11 is 0. The van der Waals surface area contributed by atoms with Crippen LogP contribution in [-0.2, 0) is 11.2 Å². The molecule has 0 spiro atoms. The maximum atomic E-state index is 13.1. The molecule has 3 aromatic rings. The van der Waals surface area contributed by atoms with Gasteiger partial charge in [-0.2, -0.15) is 0 Å². The highest BCUT2D eigenvalue weighted by Crippen LogP contribution is 2.25. The predicted octanol–water partition coefficient (Wildman–Crippen LogP) is 3.14. The summed E-state index contributed by atoms with van der Waals surface area (Å²) in [6.07, 6.45) is 6.37. The molecular formula is C27H32N6O. The summed E-state index contributed by atoms with van der Waals surface area (Å²) in [6, 6.07) is 18.5. The van der Waals surface area contributed by atoms with Crippen molar-refractivity contribution in [3.8, 4) is 11.3 Å². The second kappa shape index (κ2) is 10.7. The molecule has 0 bridgehead atoms. The van der Waals surface area contributed by atoms with Crippen molar-refractivity contribution in [1.29, 1.82) is 0 Å². The molecule has 4 heterocycles. The molecule has 2 fully saturated rings. The van der Waals surface area contributed by atoms with E-state index in [0.29, 0.717) is 5.91 Å². The average Bonchev–Trinajstić information content (AvgIpc) is 2.93. The number of piperazine rings is 1. The summed E-state index contributed by atoms with van der Waals surface area (Å²) in [4.78, 5) is 24.1. The first-order chi connectivity index (χ1) is 16.8. The molecule has 7 heteroatoms. The molecule has 2 aliphatic rings. The molecule has 1 amide bonds. The Balaban J connectivity index is 1.07. The molecule has 2 aromatic heterocycles. The maximum Gasteiger partial charge on any atom is 0.225 e. The fourth-order valence-electron chi connectivity index (χ4n) is 4.90. The minimum Gasteiger partial charge on any atom is -0.355 e. The van der Waals surface area contributed by atoms with Crippen LogP contribution in [0.4, 0.5) is 5.82 Å². The Labute approximate surface area is 201 Å². The second-order valence-corrected chi connectivity index (χ2v) is 9.18. The number of amides is 1. The zero-order chi connectivity index (χ0) is 23.2. The number of hydrogen-bond acceptors (Lipinski definition) is 6. The largest absolute Gasteiger partial charge is 0.355 e. The molecule has 0 atom stereocenters. The first-order valence-corrected chi connectivity index (χ1v) is 12.3. The lowest BCUT2D eigenvalue weighted by molar-refractivity contribution is -0.138. The number of aromatic nitrogens is 3. The Morgan fingerprint density at radius 2 is 1.65 bits per heavy atom. The zero-order valence-corrected chi connectivity index (χ0v) is 19.6. The van der Waals surface area contributed by atoms with Crippen molar-refractivity contribution in [1.82, 2.24) is 25.0 Å². The highest BCUT2D eigenvalue weighted by atomic mass is 16.2. The molecule has 2 saturated heterocycles. The van der Waals surface area contributed by atoms with Crippen molar-refractivity contribution in [3.63, 3.8) is 0 Å². The number of piperidine rings is 1. The van der Waals surface area contributed by atoms with E-state index < -0.39 is 0 Å². The van der Waals surface area contributed by atoms with Crippen molar-refractivity contribution >= 4 is 11.7 Å². The smallest absolute Gasteiger partial charge is 0.225 e. The molecule has 1 aromatic carbocycles. The quantitative estimate of drug-likeness (QED) is 0.568. The number of carbonyl (C=O) groups is 1. The van der Waals surface area contributed by atoms with Crippen LogP contribution >= 0.6 is 0 Å². The van der Waals surface area contributed by atoms with E-state index in [1.807, 2.05) is 24.3 Å². The fourth-order valence-corrected chi connectivity index (χ4v) is 4.90. The Kier molecular flexibility index (Phi) is 7.10. The number of rotatable bonds is 6. The van der Waals surface area contributed by atoms with E-state index >= 15 is 0 Å². The van der Waals surface area contributed by atoms with Gasteiger partial charge in [0.1, 0.15) is 0 Å². The third kappa shape index (κ3) is 5.42. The van der Waals surface area contributed by atoms with Gasteiger partial charge in [0.05, 0.1) is 5.69 Å². The van der Waals surface area contributed by atoms with Gasteiger partial charge in [-0.05, 0) is 49.1 Å². The lowest BCUT2D eigenvalue weighted by Crippen LogP contribution is -2.52. The third-order valence-corrected chi connectivity index (χ3v) is 7.02. The van der Waals surface area contributed by atoms with Gasteiger partial charge in [-0.15, -0.1) is 10.2 Å². The van der Waals surface area contributed by atoms with Crippen LogP contribution in [0, 0.1) is 5.92 Å². The van der Waals surface area contributed by atoms with Gasteiger partial charge in [-0.25, -0.2) is 0 Å². The molecule has 176 valence electrons. The normalized spacial score (nSPS) is 17.6. The van der Waals surface area contributed by atoms with Gasteiger partial charge in [-0.3, -0.25) is 14.7 Å². The van der Waals surface area contributed by atoms with E-state index in [0.717, 1.165) is 82.2 Å². The van der Waals surface area contributed by atoms with Crippen molar-refractivity contribution in [2.24, 2.45) is 5.92 Å². The highest BCUT2D eigenvalue weighted by Gasteiger charge is 2.30. The monoisotopic (exact) mass is 456 g/mol. The highest BCUT2D eigenvalue weighted by molar-refractivity contribution is 5.79. The molecule has 0 radical (unpaired) electrons. The van der Waals surface area contributed by atoms with Crippen molar-refractivity contribution in [3.05, 3.63) is 72.6 Å². The SMILES string of the molecule is O=C(C1CCN(c2ccc(-c3cccnc3)nn2)CC1)N1CCN(CCc2ccccc2)CC1. The van der Waals surface area contributed by atoms with Gasteiger partial charge >= 0.3 is 0 Å². The van der Waals surface area contributed by atoms with Gasteiger partial charge < -0.3 is 9.80 Å². The second-order valence-electron chi connectivity index (χ2n) is 9.18. The molecule has 34 heavy (non-hydrogen) atoms. The Morgan fingerprint density at radius 3 is 2.32 bits per heavy atom. The van der Waals surface area contributed by atoms with Crippen molar-refractivity contribution in [2.45, 2.75) is 19.3 Å². The number of nitrogens with zero attached hydrogens (tertiary/aromatic N) is 6. The number of pyridine rings is 1. The van der Waals surface area contributed by atoms with Crippen LogP contribution < -0.4 is 4.90 Å². The van der Waals surface area contributed by atoms with Crippen LogP contribution in [0.1, 0.15) is 18.4 Å². The fraction of sp³-hybridized carbons (Fsp3) is 0.407. The number of benzene rings is 1. The van der Waals surface area contributed by atoms with Crippen molar-refractivity contribution in [2.75, 3.05) is 50.7 Å². The molecule has 2 aliphatic heterocycles. The molecule has 0 saturated carbocycles. The van der Waals surface area contributed by atoms with E-state index in [2.05, 4.69) is 60.2 Å². The van der Waals surface area contributed by atoms with Crippen molar-refractivity contribution < 1.29 is 4.79 Å². The van der Waals surface area contributed by atoms with E-state index in [1.54, 1.807) is 12.4 Å². The minimum atomic E-state index is 0.120. The van der Waals surface area contributed by atoms with Crippen LogP contribution in [0.5, 0.6) is 0 Å². The molecule has 0 N–H and O–H groups in total. The van der Waals surface area contributed by atoms with E-state index in [9.17, 15) is 4.79 Å². The summed E-state index contributed by atoms with van der Waals surface area (Å²) in [5.41, 5.74) is 3.17. The zero-order valence-electron chi connectivity index (χ0n) is 19.6. The molecular weight excluding hydrogens is 424 g/mol. The van der Waals surface area contributed by atoms with Gasteiger partial charge in [0.15, 0.2) is 5.82 Å². The van der Waals surface area contributed by atoms with Gasteiger partial charge in [-0.1, -0.05) is 30.3 Å². The summed E-state index contributed by atoms with van der Waals surface area (Å²) in [6.45, 7) is 6.37. The van der Waals surface area contributed by atoms with E-state index in [-0.39, 0.29) is 5.92 Å². The molecule has 7 nitrogen and oxygen atoms in total. The molecule has 0 unspecified atom stereocenters. The average molecular weight is 457 g/mol. The summed E-state index contributed by atoms with van der Waals surface area (Å²) in [7, 11) is 0. The summed E-state index contributed by atoms with van der Waals surface area (Å²) in [5, 5.41) is 8.82. The van der Waals surface area contributed by atoms with Gasteiger partial charge in [0.25, 0.3) is 0 Å². The predicted molar refractivity (Wildman–Crippen MR) is 133 cm³/mol. The van der Waals surface area contributed by atoms with E-state index in [4.69, 9.17) is 0 Å². The topological polar surface area (TPSA) is 65.5 Å². The Morgan fingerprint density at radius 1 is 0.853 bits per heavy atom. The first-order valence-electron chi connectivity index (χ1n) is 12.3. The maximum absolute atomic E-state index is 13.1. The summed E-state index contributed by atoms with van der Waals surface area (Å²) in [5.74, 6) is 1.33. The van der Waals surface area contributed by atoms with E-state index in [1.165, 1.54) is 5.56 Å². The Hall–Kier alpha value is -3.32. The van der Waals surface area contributed by atoms with Crippen LogP contribution in [0.25, 0.3) is 11.3 Å². The van der Waals surface area contributed by atoms with Crippen LogP contribution in [0.15, 0.2) is 67.0 Å². The first kappa shape index (κ1) is 22.5. The molecule has 0 aliphatic carbocycles. The number of carbonyl (C=O) groups excluding carboxylic acids is 1. The number of anilines is 1. The lowest BCUT2D eigenvalue weighted by atomic mass is 9.95. The number of hydrogen-bond donors (Lipinski definition) is 0. The van der Waals surface area contributed by atoms with Crippen LogP contribution in [0.3, 0.4) is 0 Å². The third-order valence-electron chi connectivity index (χ3n) is 7.02. The van der Waals surface area contributed by atoms with Gasteiger partial charge in [0.2, 0.25) is 5.91 Å².